The molecule has 1 aromatic heterocycles. The van der Waals surface area contributed by atoms with Gasteiger partial charge in [-0.05, 0) is 16.7 Å². The van der Waals surface area contributed by atoms with Gasteiger partial charge < -0.3 is 0 Å². The first-order chi connectivity index (χ1) is 4.22. The Kier molecular flexibility index (Phi) is 1.27. The molecular weight excluding hydrogens is 149 g/mol. The number of nitro groups is 1. The van der Waals surface area contributed by atoms with Crippen LogP contribution in [0.2, 0.25) is 5.28 Å². The first-order valence-corrected chi connectivity index (χ1v) is 2.23. The topological polar surface area (TPSA) is 88.0 Å². The molecule has 0 fully saturated rings. The monoisotopic (exact) mass is 150 g/mol. The average Bonchev–Trinajstić information content (AvgIpc) is 2.13. The number of H-pyrrole nitrogens is 1. The third-order valence-electron chi connectivity index (χ3n) is 0.610. The second kappa shape index (κ2) is 1.94. The van der Waals surface area contributed by atoms with Gasteiger partial charge in [-0.15, -0.1) is 0 Å². The SMILES string of the molecule is O=[N+]([O-])n1[nH+]nnc1Cl. The molecule has 1 N–H and O–H groups in total. The number of nitrogens with zero attached hydrogens (tertiary/aromatic N) is 4. The van der Waals surface area contributed by atoms with Crippen molar-refractivity contribution in [1.82, 2.24) is 15.1 Å². The summed E-state index contributed by atoms with van der Waals surface area (Å²) in [6.07, 6.45) is 0. The molecule has 0 amide bonds. The van der Waals surface area contributed by atoms with E-state index >= 15 is 0 Å². The van der Waals surface area contributed by atoms with Crippen LogP contribution in [0.3, 0.4) is 0 Å². The standard InChI is InChI=1S/CClN5O2/c2-1-3-4-5-6(1)7(8)9/p+1. The second-order valence-electron chi connectivity index (χ2n) is 1.12. The normalized spacial score (nSPS) is 9.44. The molecule has 0 spiro atoms. The molecule has 1 rings (SSSR count). The molecule has 0 aromatic carbocycles. The van der Waals surface area contributed by atoms with E-state index in [-0.39, 0.29) is 5.28 Å². The van der Waals surface area contributed by atoms with Gasteiger partial charge in [0.1, 0.15) is 5.21 Å². The molecule has 7 nitrogen and oxygen atoms in total. The highest BCUT2D eigenvalue weighted by Crippen LogP contribution is 1.94. The third-order valence-corrected chi connectivity index (χ3v) is 0.846. The molecule has 9 heavy (non-hydrogen) atoms. The summed E-state index contributed by atoms with van der Waals surface area (Å²) < 4.78 is 0. The number of hydrogen-bond acceptors (Lipinski definition) is 4. The fraction of sp³-hybridized carbons (Fsp3) is 0. The highest BCUT2D eigenvalue weighted by molar-refractivity contribution is 6.28. The van der Waals surface area contributed by atoms with Gasteiger partial charge >= 0.3 is 5.28 Å². The molecule has 0 aliphatic heterocycles. The van der Waals surface area contributed by atoms with Crippen molar-refractivity contribution >= 4 is 11.6 Å². The van der Waals surface area contributed by atoms with Crippen molar-refractivity contribution in [3.05, 3.63) is 15.4 Å². The number of aromatic nitrogens is 4. The Morgan fingerprint density at radius 2 is 2.56 bits per heavy atom. The molecule has 0 aliphatic rings. The van der Waals surface area contributed by atoms with E-state index in [0.29, 0.717) is 4.79 Å². The highest BCUT2D eigenvalue weighted by Gasteiger charge is 2.16. The van der Waals surface area contributed by atoms with E-state index in [1.54, 1.807) is 0 Å². The van der Waals surface area contributed by atoms with E-state index < -0.39 is 5.03 Å². The molecule has 1 aromatic rings. The molecule has 48 valence electrons. The summed E-state index contributed by atoms with van der Waals surface area (Å²) in [6.45, 7) is 0. The minimum Gasteiger partial charge on any atom is -0.230 e. The van der Waals surface area contributed by atoms with Crippen LogP contribution in [-0.4, -0.2) is 20.1 Å². The van der Waals surface area contributed by atoms with Gasteiger partial charge in [0.2, 0.25) is 5.03 Å². The van der Waals surface area contributed by atoms with Crippen molar-refractivity contribution in [2.45, 2.75) is 0 Å². The maximum Gasteiger partial charge on any atom is 0.359 e. The molecule has 1 heterocycles. The minimum atomic E-state index is -0.775. The lowest BCUT2D eigenvalue weighted by molar-refractivity contribution is -0.756. The Bertz CT molecular complexity index is 231. The van der Waals surface area contributed by atoms with Crippen LogP contribution >= 0.6 is 11.6 Å². The summed E-state index contributed by atoms with van der Waals surface area (Å²) in [5.41, 5.74) is 0. The van der Waals surface area contributed by atoms with Crippen LogP contribution in [0, 0.1) is 10.1 Å². The van der Waals surface area contributed by atoms with E-state index in [4.69, 9.17) is 11.6 Å². The maximum atomic E-state index is 9.86. The van der Waals surface area contributed by atoms with Gasteiger partial charge in [-0.3, -0.25) is 0 Å². The quantitative estimate of drug-likeness (QED) is 0.371. The molecule has 0 atom stereocenters. The predicted octanol–water partition coefficient (Wildman–Crippen LogP) is -1.21. The van der Waals surface area contributed by atoms with E-state index in [1.807, 2.05) is 5.21 Å². The summed E-state index contributed by atoms with van der Waals surface area (Å²) in [7, 11) is 0. The van der Waals surface area contributed by atoms with Crippen molar-refractivity contribution < 1.29 is 10.2 Å². The van der Waals surface area contributed by atoms with Crippen LogP contribution in [0.1, 0.15) is 0 Å². The predicted molar refractivity (Wildman–Crippen MR) is 24.0 cm³/mol. The molecule has 0 aliphatic carbocycles. The first-order valence-electron chi connectivity index (χ1n) is 1.85. The number of tetrazole rings is 1. The maximum absolute atomic E-state index is 9.86. The zero-order valence-electron chi connectivity index (χ0n) is 3.98. The average molecular weight is 151 g/mol. The van der Waals surface area contributed by atoms with Gasteiger partial charge in [0.15, 0.2) is 4.79 Å². The number of hydrogen-bond donors (Lipinski definition) is 0. The van der Waals surface area contributed by atoms with E-state index in [1.165, 1.54) is 0 Å². The van der Waals surface area contributed by atoms with Crippen molar-refractivity contribution in [1.29, 1.82) is 0 Å². The van der Waals surface area contributed by atoms with Gasteiger partial charge in [0, 0.05) is 0 Å². The Labute approximate surface area is 53.3 Å². The Hall–Kier alpha value is -1.24. The van der Waals surface area contributed by atoms with E-state index in [0.717, 1.165) is 0 Å². The number of nitrogens with one attached hydrogen (secondary N) is 1. The molecule has 0 saturated heterocycles. The molecule has 0 bridgehead atoms. The van der Waals surface area contributed by atoms with Gasteiger partial charge in [-0.25, -0.2) is 10.1 Å². The lowest BCUT2D eigenvalue weighted by Crippen LogP contribution is -2.26. The van der Waals surface area contributed by atoms with Crippen molar-refractivity contribution in [2.75, 3.05) is 0 Å². The van der Waals surface area contributed by atoms with Crippen LogP contribution in [0.5, 0.6) is 0 Å². The summed E-state index contributed by atoms with van der Waals surface area (Å²) >= 11 is 5.15. The Balaban J connectivity index is 3.08. The fourth-order valence-corrected chi connectivity index (χ4v) is 0.431. The second-order valence-corrected chi connectivity index (χ2v) is 1.46. The third kappa shape index (κ3) is 0.941. The fourth-order valence-electron chi connectivity index (χ4n) is 0.293. The van der Waals surface area contributed by atoms with Gasteiger partial charge in [-0.2, -0.15) is 0 Å². The molecule has 0 saturated carbocycles. The first kappa shape index (κ1) is 5.89. The van der Waals surface area contributed by atoms with Crippen LogP contribution in [-0.2, 0) is 0 Å². The summed E-state index contributed by atoms with van der Waals surface area (Å²) in [6, 6.07) is 0. The van der Waals surface area contributed by atoms with E-state index in [9.17, 15) is 10.1 Å². The largest absolute Gasteiger partial charge is 0.359 e. The highest BCUT2D eigenvalue weighted by atomic mass is 35.5. The number of rotatable bonds is 1. The molecule has 0 radical (unpaired) electrons. The lowest BCUT2D eigenvalue weighted by Gasteiger charge is -1.75. The summed E-state index contributed by atoms with van der Waals surface area (Å²) in [5, 5.41) is 16.9. The number of halogens is 1. The van der Waals surface area contributed by atoms with Crippen LogP contribution in [0.25, 0.3) is 0 Å². The van der Waals surface area contributed by atoms with Crippen LogP contribution in [0.15, 0.2) is 0 Å². The Morgan fingerprint density at radius 3 is 2.78 bits per heavy atom. The molecule has 0 unspecified atom stereocenters. The van der Waals surface area contributed by atoms with Crippen molar-refractivity contribution in [3.8, 4) is 0 Å². The zero-order valence-corrected chi connectivity index (χ0v) is 4.74. The molecule has 8 heteroatoms. The number of aromatic amines is 1. The van der Waals surface area contributed by atoms with Gasteiger partial charge in [-0.1, -0.05) is 0 Å². The Morgan fingerprint density at radius 1 is 1.89 bits per heavy atom. The zero-order chi connectivity index (χ0) is 6.85. The van der Waals surface area contributed by atoms with Crippen molar-refractivity contribution in [3.63, 3.8) is 0 Å². The smallest absolute Gasteiger partial charge is 0.230 e. The van der Waals surface area contributed by atoms with Gasteiger partial charge in [0.25, 0.3) is 0 Å². The lowest BCUT2D eigenvalue weighted by atomic mass is 11.4. The van der Waals surface area contributed by atoms with E-state index in [2.05, 4.69) is 10.3 Å². The summed E-state index contributed by atoms with van der Waals surface area (Å²) in [5.74, 6) is 0. The van der Waals surface area contributed by atoms with Crippen LogP contribution < -0.4 is 5.21 Å². The van der Waals surface area contributed by atoms with Crippen LogP contribution in [0.4, 0.5) is 0 Å². The minimum absolute atomic E-state index is 0.306. The summed E-state index contributed by atoms with van der Waals surface area (Å²) in [4.78, 5) is 10.2. The van der Waals surface area contributed by atoms with Crippen molar-refractivity contribution in [2.24, 2.45) is 0 Å². The van der Waals surface area contributed by atoms with Gasteiger partial charge in [0.05, 0.1) is 5.21 Å². The molecular formula is CHClN5O2+.